The molecule has 6 nitrogen and oxygen atoms in total. The molecule has 1 heterocycles. The topological polar surface area (TPSA) is 69.7 Å². The predicted molar refractivity (Wildman–Crippen MR) is 95.4 cm³/mol. The van der Waals surface area contributed by atoms with Gasteiger partial charge in [0.25, 0.3) is 5.91 Å². The smallest absolute Gasteiger partial charge is 0.251 e. The molecule has 0 unspecified atom stereocenters. The Morgan fingerprint density at radius 3 is 2.38 bits per heavy atom. The first-order valence-electron chi connectivity index (χ1n) is 8.37. The summed E-state index contributed by atoms with van der Waals surface area (Å²) < 4.78 is 23.8. The number of piperidine rings is 1. The lowest BCUT2D eigenvalue weighted by atomic mass is 10.1. The van der Waals surface area contributed by atoms with E-state index in [0.717, 1.165) is 25.9 Å². The SMILES string of the molecule is CN(CCNC(=O)c1ccc(CN2CCCCC2)cc1)S(C)(=O)=O. The van der Waals surface area contributed by atoms with Crippen LogP contribution in [-0.2, 0) is 16.6 Å². The molecule has 1 aliphatic rings. The third kappa shape index (κ3) is 5.89. The number of sulfonamides is 1. The van der Waals surface area contributed by atoms with Crippen LogP contribution >= 0.6 is 0 Å². The number of carbonyl (C=O) groups excluding carboxylic acids is 1. The third-order valence-electron chi connectivity index (χ3n) is 4.35. The second-order valence-electron chi connectivity index (χ2n) is 6.37. The summed E-state index contributed by atoms with van der Waals surface area (Å²) in [5, 5.41) is 2.75. The highest BCUT2D eigenvalue weighted by molar-refractivity contribution is 7.88. The summed E-state index contributed by atoms with van der Waals surface area (Å²) in [6, 6.07) is 7.64. The van der Waals surface area contributed by atoms with Crippen molar-refractivity contribution in [2.75, 3.05) is 39.5 Å². The Balaban J connectivity index is 1.80. The summed E-state index contributed by atoms with van der Waals surface area (Å²) in [5.74, 6) is -0.179. The molecule has 0 aliphatic carbocycles. The quantitative estimate of drug-likeness (QED) is 0.802. The zero-order valence-electron chi connectivity index (χ0n) is 14.5. The fourth-order valence-electron chi connectivity index (χ4n) is 2.73. The minimum Gasteiger partial charge on any atom is -0.351 e. The molecule has 1 amide bonds. The Morgan fingerprint density at radius 2 is 1.79 bits per heavy atom. The standard InChI is InChI=1S/C17H27N3O3S/c1-19(24(2,22)23)13-10-18-17(21)16-8-6-15(7-9-16)14-20-11-4-3-5-12-20/h6-9H,3-5,10-14H2,1-2H3,(H,18,21). The maximum absolute atomic E-state index is 12.1. The average molecular weight is 353 g/mol. The van der Waals surface area contributed by atoms with E-state index in [9.17, 15) is 13.2 Å². The van der Waals surface area contributed by atoms with Crippen molar-refractivity contribution in [2.45, 2.75) is 25.8 Å². The van der Waals surface area contributed by atoms with Crippen molar-refractivity contribution in [3.05, 3.63) is 35.4 Å². The van der Waals surface area contributed by atoms with Gasteiger partial charge in [-0.3, -0.25) is 9.69 Å². The molecule has 24 heavy (non-hydrogen) atoms. The van der Waals surface area contributed by atoms with E-state index in [4.69, 9.17) is 0 Å². The van der Waals surface area contributed by atoms with Gasteiger partial charge in [-0.2, -0.15) is 0 Å². The van der Waals surface area contributed by atoms with E-state index in [1.807, 2.05) is 24.3 Å². The fourth-order valence-corrected chi connectivity index (χ4v) is 3.15. The summed E-state index contributed by atoms with van der Waals surface area (Å²) in [4.78, 5) is 14.5. The van der Waals surface area contributed by atoms with Crippen LogP contribution in [0.4, 0.5) is 0 Å². The van der Waals surface area contributed by atoms with Gasteiger partial charge in [0, 0.05) is 32.2 Å². The lowest BCUT2D eigenvalue weighted by molar-refractivity contribution is 0.0952. The molecule has 7 heteroatoms. The van der Waals surface area contributed by atoms with Crippen molar-refractivity contribution in [1.29, 1.82) is 0 Å². The van der Waals surface area contributed by atoms with E-state index in [1.54, 1.807) is 0 Å². The van der Waals surface area contributed by atoms with Gasteiger partial charge in [0.15, 0.2) is 0 Å². The summed E-state index contributed by atoms with van der Waals surface area (Å²) in [6.45, 7) is 3.78. The maximum atomic E-state index is 12.1. The highest BCUT2D eigenvalue weighted by Gasteiger charge is 2.12. The largest absolute Gasteiger partial charge is 0.351 e. The van der Waals surface area contributed by atoms with Crippen LogP contribution in [0.5, 0.6) is 0 Å². The Morgan fingerprint density at radius 1 is 1.17 bits per heavy atom. The number of hydrogen-bond acceptors (Lipinski definition) is 4. The Bertz CT molecular complexity index is 638. The van der Waals surface area contributed by atoms with Crippen molar-refractivity contribution < 1.29 is 13.2 Å². The fraction of sp³-hybridized carbons (Fsp3) is 0.588. The molecule has 1 fully saturated rings. The van der Waals surface area contributed by atoms with E-state index in [0.29, 0.717) is 5.56 Å². The first-order valence-corrected chi connectivity index (χ1v) is 10.2. The molecule has 0 aromatic heterocycles. The number of rotatable bonds is 7. The summed E-state index contributed by atoms with van der Waals surface area (Å²) in [5.41, 5.74) is 1.81. The van der Waals surface area contributed by atoms with Gasteiger partial charge in [-0.25, -0.2) is 12.7 Å². The molecule has 0 bridgehead atoms. The van der Waals surface area contributed by atoms with Crippen LogP contribution in [0.25, 0.3) is 0 Å². The van der Waals surface area contributed by atoms with E-state index in [2.05, 4.69) is 10.2 Å². The van der Waals surface area contributed by atoms with Gasteiger partial charge in [-0.05, 0) is 43.6 Å². The number of hydrogen-bond donors (Lipinski definition) is 1. The Kier molecular flexibility index (Phi) is 6.77. The van der Waals surface area contributed by atoms with Crippen molar-refractivity contribution in [3.63, 3.8) is 0 Å². The number of likely N-dealkylation sites (N-methyl/N-ethyl adjacent to an activating group) is 1. The van der Waals surface area contributed by atoms with Crippen LogP contribution in [-0.4, -0.2) is 63.0 Å². The molecule has 1 aromatic carbocycles. The lowest BCUT2D eigenvalue weighted by Gasteiger charge is -2.26. The number of benzene rings is 1. The van der Waals surface area contributed by atoms with E-state index < -0.39 is 10.0 Å². The van der Waals surface area contributed by atoms with Gasteiger partial charge in [0.2, 0.25) is 10.0 Å². The van der Waals surface area contributed by atoms with Crippen LogP contribution < -0.4 is 5.32 Å². The van der Waals surface area contributed by atoms with Crippen LogP contribution in [0, 0.1) is 0 Å². The molecular formula is C17H27N3O3S. The maximum Gasteiger partial charge on any atom is 0.251 e. The van der Waals surface area contributed by atoms with Gasteiger partial charge in [-0.15, -0.1) is 0 Å². The first kappa shape index (κ1) is 18.9. The third-order valence-corrected chi connectivity index (χ3v) is 5.66. The minimum absolute atomic E-state index is 0.179. The molecule has 1 N–H and O–H groups in total. The Hall–Kier alpha value is -1.44. The lowest BCUT2D eigenvalue weighted by Crippen LogP contribution is -2.35. The molecule has 1 aliphatic heterocycles. The second kappa shape index (κ2) is 8.60. The van der Waals surface area contributed by atoms with Crippen LogP contribution in [0.1, 0.15) is 35.2 Å². The van der Waals surface area contributed by atoms with E-state index >= 15 is 0 Å². The molecular weight excluding hydrogens is 326 g/mol. The number of carbonyl (C=O) groups is 1. The molecule has 0 saturated carbocycles. The van der Waals surface area contributed by atoms with Crippen molar-refractivity contribution in [3.8, 4) is 0 Å². The summed E-state index contributed by atoms with van der Waals surface area (Å²) in [7, 11) is -1.71. The zero-order chi connectivity index (χ0) is 17.6. The van der Waals surface area contributed by atoms with Crippen molar-refractivity contribution in [1.82, 2.24) is 14.5 Å². The van der Waals surface area contributed by atoms with Gasteiger partial charge in [0.1, 0.15) is 0 Å². The van der Waals surface area contributed by atoms with Crippen molar-refractivity contribution >= 4 is 15.9 Å². The average Bonchev–Trinajstić information content (AvgIpc) is 2.55. The van der Waals surface area contributed by atoms with Crippen LogP contribution in [0.2, 0.25) is 0 Å². The predicted octanol–water partition coefficient (Wildman–Crippen LogP) is 1.29. The van der Waals surface area contributed by atoms with E-state index in [1.165, 1.54) is 36.2 Å². The number of nitrogens with one attached hydrogen (secondary N) is 1. The minimum atomic E-state index is -3.21. The van der Waals surface area contributed by atoms with E-state index in [-0.39, 0.29) is 19.0 Å². The molecule has 2 rings (SSSR count). The number of nitrogens with zero attached hydrogens (tertiary/aromatic N) is 2. The molecule has 0 atom stereocenters. The Labute approximate surface area is 144 Å². The molecule has 0 radical (unpaired) electrons. The van der Waals surface area contributed by atoms with Gasteiger partial charge < -0.3 is 5.32 Å². The molecule has 134 valence electrons. The molecule has 1 saturated heterocycles. The summed E-state index contributed by atoms with van der Waals surface area (Å²) >= 11 is 0. The van der Waals surface area contributed by atoms with Gasteiger partial charge >= 0.3 is 0 Å². The van der Waals surface area contributed by atoms with Crippen molar-refractivity contribution in [2.24, 2.45) is 0 Å². The normalized spacial score (nSPS) is 16.3. The molecule has 1 aromatic rings. The summed E-state index contributed by atoms with van der Waals surface area (Å²) in [6.07, 6.45) is 5.00. The second-order valence-corrected chi connectivity index (χ2v) is 8.46. The number of likely N-dealkylation sites (tertiary alicyclic amines) is 1. The first-order chi connectivity index (χ1) is 11.4. The number of amides is 1. The van der Waals surface area contributed by atoms with Crippen LogP contribution in [0.15, 0.2) is 24.3 Å². The highest BCUT2D eigenvalue weighted by atomic mass is 32.2. The van der Waals surface area contributed by atoms with Gasteiger partial charge in [0.05, 0.1) is 6.26 Å². The molecule has 0 spiro atoms. The zero-order valence-corrected chi connectivity index (χ0v) is 15.3. The van der Waals surface area contributed by atoms with Gasteiger partial charge in [-0.1, -0.05) is 18.6 Å². The monoisotopic (exact) mass is 353 g/mol. The van der Waals surface area contributed by atoms with Crippen LogP contribution in [0.3, 0.4) is 0 Å². The highest BCUT2D eigenvalue weighted by Crippen LogP contribution is 2.13.